The zero-order chi connectivity index (χ0) is 13.2. The fourth-order valence-electron chi connectivity index (χ4n) is 2.76. The molecule has 1 aliphatic rings. The highest BCUT2D eigenvalue weighted by molar-refractivity contribution is 9.10. The monoisotopic (exact) mass is 318 g/mol. The Morgan fingerprint density at radius 2 is 2.00 bits per heavy atom. The highest BCUT2D eigenvalue weighted by atomic mass is 79.9. The topological polar surface area (TPSA) is 46.0 Å². The van der Waals surface area contributed by atoms with Crippen molar-refractivity contribution in [2.45, 2.75) is 31.3 Å². The minimum Gasteiger partial charge on any atom is -0.386 e. The molecule has 98 valence electrons. The van der Waals surface area contributed by atoms with Crippen LogP contribution in [0.5, 0.6) is 0 Å². The molecule has 0 saturated carbocycles. The molecule has 2 aromatic rings. The number of aliphatic hydroxyl groups is 1. The first-order chi connectivity index (χ1) is 9.27. The van der Waals surface area contributed by atoms with E-state index in [4.69, 9.17) is 0 Å². The Morgan fingerprint density at radius 1 is 1.21 bits per heavy atom. The Labute approximate surface area is 120 Å². The van der Waals surface area contributed by atoms with Crippen molar-refractivity contribution >= 4 is 15.9 Å². The van der Waals surface area contributed by atoms with Crippen molar-refractivity contribution in [2.24, 2.45) is 0 Å². The quantitative estimate of drug-likeness (QED) is 0.923. The van der Waals surface area contributed by atoms with E-state index in [1.807, 2.05) is 18.2 Å². The summed E-state index contributed by atoms with van der Waals surface area (Å²) in [5, 5.41) is 10.6. The van der Waals surface area contributed by atoms with Gasteiger partial charge in [-0.25, -0.2) is 0 Å². The van der Waals surface area contributed by atoms with Gasteiger partial charge in [0, 0.05) is 28.5 Å². The molecule has 0 fully saturated rings. The van der Waals surface area contributed by atoms with Crippen molar-refractivity contribution in [1.82, 2.24) is 9.97 Å². The fraction of sp³-hybridized carbons (Fsp3) is 0.333. The molecule has 0 spiro atoms. The van der Waals surface area contributed by atoms with Gasteiger partial charge in [-0.05, 0) is 59.0 Å². The lowest BCUT2D eigenvalue weighted by atomic mass is 9.82. The molecule has 2 unspecified atom stereocenters. The first-order valence-corrected chi connectivity index (χ1v) is 7.29. The lowest BCUT2D eigenvalue weighted by molar-refractivity contribution is 0.129. The standard InChI is InChI=1S/C15H15BrN2O/c16-12-7-3-9-18-14(12)15(19)11-6-1-4-10-5-2-8-17-13(10)11/h2-3,5,7-9,11,15,19H,1,4,6H2. The van der Waals surface area contributed by atoms with Crippen LogP contribution in [0.1, 0.15) is 41.8 Å². The van der Waals surface area contributed by atoms with Crippen LogP contribution in [-0.2, 0) is 6.42 Å². The molecular weight excluding hydrogens is 304 g/mol. The average molecular weight is 319 g/mol. The molecule has 0 saturated heterocycles. The summed E-state index contributed by atoms with van der Waals surface area (Å²) in [6.45, 7) is 0. The third kappa shape index (κ3) is 2.42. The molecule has 2 aromatic heterocycles. The summed E-state index contributed by atoms with van der Waals surface area (Å²) >= 11 is 3.46. The van der Waals surface area contributed by atoms with E-state index in [9.17, 15) is 5.11 Å². The van der Waals surface area contributed by atoms with Crippen LogP contribution >= 0.6 is 15.9 Å². The van der Waals surface area contributed by atoms with Gasteiger partial charge in [0.05, 0.1) is 5.69 Å². The normalized spacial score (nSPS) is 19.8. The maximum atomic E-state index is 10.6. The van der Waals surface area contributed by atoms with E-state index in [0.29, 0.717) is 5.69 Å². The fourth-order valence-corrected chi connectivity index (χ4v) is 3.25. The molecule has 0 aromatic carbocycles. The van der Waals surface area contributed by atoms with Gasteiger partial charge in [-0.15, -0.1) is 0 Å². The number of aromatic nitrogens is 2. The summed E-state index contributed by atoms with van der Waals surface area (Å²) in [7, 11) is 0. The van der Waals surface area contributed by atoms with E-state index in [2.05, 4.69) is 32.0 Å². The Hall–Kier alpha value is -1.26. The third-order valence-corrected chi connectivity index (χ3v) is 4.36. The summed E-state index contributed by atoms with van der Waals surface area (Å²) in [6.07, 6.45) is 6.00. The third-order valence-electron chi connectivity index (χ3n) is 3.69. The highest BCUT2D eigenvalue weighted by Crippen LogP contribution is 2.40. The van der Waals surface area contributed by atoms with Crippen LogP contribution in [-0.4, -0.2) is 15.1 Å². The molecule has 1 N–H and O–H groups in total. The number of pyridine rings is 2. The van der Waals surface area contributed by atoms with Gasteiger partial charge in [0.15, 0.2) is 0 Å². The van der Waals surface area contributed by atoms with Gasteiger partial charge in [0.1, 0.15) is 6.10 Å². The van der Waals surface area contributed by atoms with Crippen LogP contribution in [0.25, 0.3) is 0 Å². The van der Waals surface area contributed by atoms with Crippen molar-refractivity contribution in [2.75, 3.05) is 0 Å². The maximum Gasteiger partial charge on any atom is 0.105 e. The highest BCUT2D eigenvalue weighted by Gasteiger charge is 2.30. The number of nitrogens with zero attached hydrogens (tertiary/aromatic N) is 2. The lowest BCUT2D eigenvalue weighted by Gasteiger charge is -2.28. The molecule has 3 rings (SSSR count). The summed E-state index contributed by atoms with van der Waals surface area (Å²) in [5.74, 6) is 0.0381. The van der Waals surface area contributed by atoms with Crippen LogP contribution < -0.4 is 0 Å². The number of aliphatic hydroxyl groups excluding tert-OH is 1. The molecule has 0 radical (unpaired) electrons. The molecule has 4 heteroatoms. The number of aryl methyl sites for hydroxylation is 1. The minimum absolute atomic E-state index is 0.0381. The first-order valence-electron chi connectivity index (χ1n) is 6.49. The molecule has 19 heavy (non-hydrogen) atoms. The smallest absolute Gasteiger partial charge is 0.105 e. The predicted octanol–water partition coefficient (Wildman–Crippen LogP) is 3.39. The van der Waals surface area contributed by atoms with Gasteiger partial charge in [-0.2, -0.15) is 0 Å². The minimum atomic E-state index is -0.607. The van der Waals surface area contributed by atoms with Crippen molar-refractivity contribution in [3.63, 3.8) is 0 Å². The molecule has 0 amide bonds. The zero-order valence-corrected chi connectivity index (χ0v) is 12.0. The molecule has 0 bridgehead atoms. The van der Waals surface area contributed by atoms with Gasteiger partial charge in [0.2, 0.25) is 0 Å². The zero-order valence-electron chi connectivity index (χ0n) is 10.5. The Bertz CT molecular complexity index is 588. The van der Waals surface area contributed by atoms with E-state index in [0.717, 1.165) is 29.4 Å². The number of fused-ring (bicyclic) bond motifs is 1. The summed E-state index contributed by atoms with van der Waals surface area (Å²) in [4.78, 5) is 8.78. The van der Waals surface area contributed by atoms with Gasteiger partial charge in [-0.3, -0.25) is 9.97 Å². The van der Waals surface area contributed by atoms with E-state index in [1.54, 1.807) is 12.4 Å². The van der Waals surface area contributed by atoms with Gasteiger partial charge in [0.25, 0.3) is 0 Å². The van der Waals surface area contributed by atoms with Crippen LogP contribution in [0, 0.1) is 0 Å². The Kier molecular flexibility index (Phi) is 3.62. The number of hydrogen-bond donors (Lipinski definition) is 1. The van der Waals surface area contributed by atoms with Crippen LogP contribution in [0.4, 0.5) is 0 Å². The molecule has 1 aliphatic carbocycles. The molecule has 0 aliphatic heterocycles. The van der Waals surface area contributed by atoms with E-state index >= 15 is 0 Å². The van der Waals surface area contributed by atoms with Crippen molar-refractivity contribution in [1.29, 1.82) is 0 Å². The number of rotatable bonds is 2. The second-order valence-electron chi connectivity index (χ2n) is 4.86. The van der Waals surface area contributed by atoms with Crippen LogP contribution in [0.15, 0.2) is 41.1 Å². The van der Waals surface area contributed by atoms with Crippen LogP contribution in [0.3, 0.4) is 0 Å². The summed E-state index contributed by atoms with van der Waals surface area (Å²) in [5.41, 5.74) is 2.98. The van der Waals surface area contributed by atoms with Crippen molar-refractivity contribution < 1.29 is 5.11 Å². The maximum absolute atomic E-state index is 10.6. The summed E-state index contributed by atoms with van der Waals surface area (Å²) < 4.78 is 0.852. The van der Waals surface area contributed by atoms with E-state index in [1.165, 1.54) is 5.56 Å². The summed E-state index contributed by atoms with van der Waals surface area (Å²) in [6, 6.07) is 7.83. The molecule has 2 heterocycles. The second kappa shape index (κ2) is 5.39. The Morgan fingerprint density at radius 3 is 2.84 bits per heavy atom. The first kappa shape index (κ1) is 12.8. The largest absolute Gasteiger partial charge is 0.386 e. The van der Waals surface area contributed by atoms with E-state index < -0.39 is 6.10 Å². The van der Waals surface area contributed by atoms with Crippen molar-refractivity contribution in [3.05, 3.63) is 58.1 Å². The number of hydrogen-bond acceptors (Lipinski definition) is 3. The van der Waals surface area contributed by atoms with Gasteiger partial charge < -0.3 is 5.11 Å². The lowest BCUT2D eigenvalue weighted by Crippen LogP contribution is -2.19. The van der Waals surface area contributed by atoms with Crippen LogP contribution in [0.2, 0.25) is 0 Å². The van der Waals surface area contributed by atoms with Gasteiger partial charge >= 0.3 is 0 Å². The predicted molar refractivity (Wildman–Crippen MR) is 76.8 cm³/mol. The molecule has 2 atom stereocenters. The van der Waals surface area contributed by atoms with E-state index in [-0.39, 0.29) is 5.92 Å². The van der Waals surface area contributed by atoms with Gasteiger partial charge in [-0.1, -0.05) is 6.07 Å². The average Bonchev–Trinajstić information content (AvgIpc) is 2.46. The second-order valence-corrected chi connectivity index (χ2v) is 5.72. The Balaban J connectivity index is 1.98. The SMILES string of the molecule is OC(c1ncccc1Br)C1CCCc2cccnc21. The molecule has 3 nitrogen and oxygen atoms in total. The molecular formula is C15H15BrN2O. The number of halogens is 1. The van der Waals surface area contributed by atoms with Crippen molar-refractivity contribution in [3.8, 4) is 0 Å².